The quantitative estimate of drug-likeness (QED) is 0.616. The molecule has 2 aromatic rings. The molecule has 0 amide bonds. The molecule has 0 radical (unpaired) electrons. The van der Waals surface area contributed by atoms with Gasteiger partial charge in [-0.05, 0) is 29.8 Å². The van der Waals surface area contributed by atoms with Gasteiger partial charge in [-0.25, -0.2) is 4.79 Å². The lowest BCUT2D eigenvalue weighted by molar-refractivity contribution is -0.138. The number of halogens is 1. The third kappa shape index (κ3) is 4.65. The minimum Gasteiger partial charge on any atom is -0.496 e. The summed E-state index contributed by atoms with van der Waals surface area (Å²) in [7, 11) is 1.59. The van der Waals surface area contributed by atoms with Crippen LogP contribution in [0.3, 0.4) is 0 Å². The van der Waals surface area contributed by atoms with Crippen LogP contribution in [0.25, 0.3) is 6.08 Å². The van der Waals surface area contributed by atoms with E-state index in [0.29, 0.717) is 10.8 Å². The Morgan fingerprint density at radius 2 is 1.86 bits per heavy atom. The summed E-state index contributed by atoms with van der Waals surface area (Å²) in [4.78, 5) is 11.7. The van der Waals surface area contributed by atoms with Crippen LogP contribution in [0.1, 0.15) is 11.1 Å². The highest BCUT2D eigenvalue weighted by Gasteiger charge is 2.01. The largest absolute Gasteiger partial charge is 0.496 e. The van der Waals surface area contributed by atoms with E-state index in [2.05, 4.69) is 0 Å². The molecule has 2 rings (SSSR count). The molecule has 0 aliphatic rings. The van der Waals surface area contributed by atoms with E-state index in [1.165, 1.54) is 6.08 Å². The first-order valence-corrected chi connectivity index (χ1v) is 6.79. The Morgan fingerprint density at radius 3 is 2.57 bits per heavy atom. The standard InChI is InChI=1S/C17H15ClO3/c1-20-16-5-3-2-4-14(16)8-11-17(19)21-12-13-6-9-15(18)10-7-13/h2-11H,12H2,1H3/b11-8+. The van der Waals surface area contributed by atoms with E-state index >= 15 is 0 Å². The van der Waals surface area contributed by atoms with E-state index in [4.69, 9.17) is 21.1 Å². The molecule has 0 aromatic heterocycles. The zero-order valence-electron chi connectivity index (χ0n) is 11.6. The Labute approximate surface area is 128 Å². The summed E-state index contributed by atoms with van der Waals surface area (Å²) in [6.45, 7) is 0.215. The molecular weight excluding hydrogens is 288 g/mol. The van der Waals surface area contributed by atoms with Gasteiger partial charge in [0.05, 0.1) is 7.11 Å². The Bertz CT molecular complexity index is 633. The van der Waals surface area contributed by atoms with Crippen molar-refractivity contribution in [2.75, 3.05) is 7.11 Å². The minimum absolute atomic E-state index is 0.215. The van der Waals surface area contributed by atoms with Crippen molar-refractivity contribution in [3.8, 4) is 5.75 Å². The molecule has 2 aromatic carbocycles. The maximum Gasteiger partial charge on any atom is 0.331 e. The molecule has 0 unspecified atom stereocenters. The van der Waals surface area contributed by atoms with Gasteiger partial charge in [0.25, 0.3) is 0 Å². The first kappa shape index (κ1) is 15.1. The lowest BCUT2D eigenvalue weighted by Gasteiger charge is -2.04. The molecule has 21 heavy (non-hydrogen) atoms. The number of ether oxygens (including phenoxy) is 2. The van der Waals surface area contributed by atoms with Crippen molar-refractivity contribution in [1.29, 1.82) is 0 Å². The van der Waals surface area contributed by atoms with Crippen molar-refractivity contribution in [3.63, 3.8) is 0 Å². The normalized spacial score (nSPS) is 10.6. The molecule has 108 valence electrons. The first-order valence-electron chi connectivity index (χ1n) is 6.41. The molecule has 0 fully saturated rings. The number of hydrogen-bond donors (Lipinski definition) is 0. The SMILES string of the molecule is COc1ccccc1/C=C/C(=O)OCc1ccc(Cl)cc1. The summed E-state index contributed by atoms with van der Waals surface area (Å²) < 4.78 is 10.4. The molecule has 3 nitrogen and oxygen atoms in total. The lowest BCUT2D eigenvalue weighted by Crippen LogP contribution is -2.00. The molecule has 0 bridgehead atoms. The van der Waals surface area contributed by atoms with Gasteiger partial charge in [-0.15, -0.1) is 0 Å². The van der Waals surface area contributed by atoms with Crippen molar-refractivity contribution in [2.45, 2.75) is 6.61 Å². The van der Waals surface area contributed by atoms with Gasteiger partial charge in [-0.1, -0.05) is 41.9 Å². The van der Waals surface area contributed by atoms with E-state index in [1.807, 2.05) is 36.4 Å². The molecule has 0 heterocycles. The fourth-order valence-electron chi connectivity index (χ4n) is 1.75. The van der Waals surface area contributed by atoms with Gasteiger partial charge < -0.3 is 9.47 Å². The van der Waals surface area contributed by atoms with E-state index in [0.717, 1.165) is 11.1 Å². The molecule has 0 spiro atoms. The summed E-state index contributed by atoms with van der Waals surface area (Å²) in [6.07, 6.45) is 3.05. The van der Waals surface area contributed by atoms with Gasteiger partial charge in [-0.3, -0.25) is 0 Å². The van der Waals surface area contributed by atoms with E-state index in [1.54, 1.807) is 25.3 Å². The van der Waals surface area contributed by atoms with Gasteiger partial charge in [0, 0.05) is 16.7 Å². The van der Waals surface area contributed by atoms with Crippen LogP contribution in [0.2, 0.25) is 5.02 Å². The lowest BCUT2D eigenvalue weighted by atomic mass is 10.2. The number of rotatable bonds is 5. The number of para-hydroxylation sites is 1. The maximum absolute atomic E-state index is 11.7. The molecule has 0 aliphatic heterocycles. The number of benzene rings is 2. The van der Waals surface area contributed by atoms with Crippen LogP contribution < -0.4 is 4.74 Å². The molecule has 0 N–H and O–H groups in total. The topological polar surface area (TPSA) is 35.5 Å². The van der Waals surface area contributed by atoms with Crippen LogP contribution in [-0.4, -0.2) is 13.1 Å². The number of esters is 1. The van der Waals surface area contributed by atoms with Gasteiger partial charge in [0.2, 0.25) is 0 Å². The third-order valence-electron chi connectivity index (χ3n) is 2.83. The Morgan fingerprint density at radius 1 is 1.14 bits per heavy atom. The average molecular weight is 303 g/mol. The summed E-state index contributed by atoms with van der Waals surface area (Å²) in [5.41, 5.74) is 1.71. The van der Waals surface area contributed by atoms with E-state index in [9.17, 15) is 4.79 Å². The van der Waals surface area contributed by atoms with Crippen molar-refractivity contribution in [3.05, 3.63) is 70.8 Å². The molecule has 0 saturated carbocycles. The van der Waals surface area contributed by atoms with Crippen LogP contribution in [-0.2, 0) is 16.1 Å². The summed E-state index contributed by atoms with van der Waals surface area (Å²) >= 11 is 5.79. The summed E-state index contributed by atoms with van der Waals surface area (Å²) in [6, 6.07) is 14.6. The van der Waals surface area contributed by atoms with E-state index in [-0.39, 0.29) is 6.61 Å². The number of hydrogen-bond acceptors (Lipinski definition) is 3. The minimum atomic E-state index is -0.407. The predicted molar refractivity (Wildman–Crippen MR) is 83.3 cm³/mol. The van der Waals surface area contributed by atoms with Crippen molar-refractivity contribution < 1.29 is 14.3 Å². The average Bonchev–Trinajstić information content (AvgIpc) is 2.52. The molecule has 0 saturated heterocycles. The Hall–Kier alpha value is -2.26. The maximum atomic E-state index is 11.7. The molecule has 4 heteroatoms. The van der Waals surface area contributed by atoms with Gasteiger partial charge in [0.1, 0.15) is 12.4 Å². The van der Waals surface area contributed by atoms with E-state index < -0.39 is 5.97 Å². The zero-order chi connectivity index (χ0) is 15.1. The molecule has 0 atom stereocenters. The fourth-order valence-corrected chi connectivity index (χ4v) is 1.87. The second kappa shape index (κ2) is 7.50. The van der Waals surface area contributed by atoms with Crippen LogP contribution in [0, 0.1) is 0 Å². The highest BCUT2D eigenvalue weighted by Crippen LogP contribution is 2.18. The van der Waals surface area contributed by atoms with Crippen molar-refractivity contribution >= 4 is 23.6 Å². The second-order valence-corrected chi connectivity index (χ2v) is 4.75. The second-order valence-electron chi connectivity index (χ2n) is 4.31. The molecule has 0 aliphatic carbocycles. The smallest absolute Gasteiger partial charge is 0.331 e. The third-order valence-corrected chi connectivity index (χ3v) is 3.08. The fraction of sp³-hybridized carbons (Fsp3) is 0.118. The Kier molecular flexibility index (Phi) is 5.41. The zero-order valence-corrected chi connectivity index (χ0v) is 12.3. The predicted octanol–water partition coefficient (Wildman–Crippen LogP) is 4.11. The molecular formula is C17H15ClO3. The van der Waals surface area contributed by atoms with Crippen LogP contribution >= 0.6 is 11.6 Å². The van der Waals surface area contributed by atoms with Gasteiger partial charge in [0.15, 0.2) is 0 Å². The highest BCUT2D eigenvalue weighted by atomic mass is 35.5. The first-order chi connectivity index (χ1) is 10.2. The number of methoxy groups -OCH3 is 1. The number of carbonyl (C=O) groups excluding carboxylic acids is 1. The Balaban J connectivity index is 1.92. The van der Waals surface area contributed by atoms with Crippen molar-refractivity contribution in [1.82, 2.24) is 0 Å². The van der Waals surface area contributed by atoms with Crippen molar-refractivity contribution in [2.24, 2.45) is 0 Å². The van der Waals surface area contributed by atoms with Gasteiger partial charge in [-0.2, -0.15) is 0 Å². The highest BCUT2D eigenvalue weighted by molar-refractivity contribution is 6.30. The monoisotopic (exact) mass is 302 g/mol. The van der Waals surface area contributed by atoms with Crippen LogP contribution in [0.4, 0.5) is 0 Å². The summed E-state index contributed by atoms with van der Waals surface area (Å²) in [5.74, 6) is 0.301. The van der Waals surface area contributed by atoms with Crippen LogP contribution in [0.15, 0.2) is 54.6 Å². The summed E-state index contributed by atoms with van der Waals surface area (Å²) in [5, 5.41) is 0.654. The van der Waals surface area contributed by atoms with Crippen LogP contribution in [0.5, 0.6) is 5.75 Å². The number of carbonyl (C=O) groups is 1. The van der Waals surface area contributed by atoms with Gasteiger partial charge >= 0.3 is 5.97 Å².